The van der Waals surface area contributed by atoms with Crippen LogP contribution in [-0.2, 0) is 13.1 Å². The molecule has 0 radical (unpaired) electrons. The predicted molar refractivity (Wildman–Crippen MR) is 108 cm³/mol. The number of hydrogen-bond donors (Lipinski definition) is 2. The number of nitrogens with one attached hydrogen (secondary N) is 2. The molecule has 3 rings (SSSR count). The Balaban J connectivity index is 1.68. The Kier molecular flexibility index (Phi) is 6.08. The van der Waals surface area contributed by atoms with Crippen LogP contribution >= 0.6 is 0 Å². The fourth-order valence-electron chi connectivity index (χ4n) is 3.16. The van der Waals surface area contributed by atoms with Crippen molar-refractivity contribution in [1.82, 2.24) is 29.9 Å². The molecule has 2 N–H and O–H groups in total. The lowest BCUT2D eigenvalue weighted by Gasteiger charge is -2.15. The van der Waals surface area contributed by atoms with Crippen LogP contribution in [0, 0.1) is 13.8 Å². The molecule has 2 amide bonds. The van der Waals surface area contributed by atoms with Gasteiger partial charge in [-0.05, 0) is 32.8 Å². The minimum atomic E-state index is -0.302. The largest absolute Gasteiger partial charge is 0.328 e. The molecule has 0 fully saturated rings. The summed E-state index contributed by atoms with van der Waals surface area (Å²) in [5.41, 5.74) is 3.17. The van der Waals surface area contributed by atoms with E-state index in [0.29, 0.717) is 12.4 Å². The van der Waals surface area contributed by atoms with Gasteiger partial charge in [0.05, 0.1) is 18.3 Å². The van der Waals surface area contributed by atoms with Gasteiger partial charge >= 0.3 is 6.03 Å². The summed E-state index contributed by atoms with van der Waals surface area (Å²) in [6.45, 7) is 9.30. The van der Waals surface area contributed by atoms with Crippen molar-refractivity contribution >= 4 is 11.8 Å². The van der Waals surface area contributed by atoms with Crippen molar-refractivity contribution in [2.24, 2.45) is 0 Å². The molecule has 8 nitrogen and oxygen atoms in total. The van der Waals surface area contributed by atoms with Gasteiger partial charge in [0.15, 0.2) is 0 Å². The van der Waals surface area contributed by atoms with Crippen molar-refractivity contribution in [3.05, 3.63) is 59.3 Å². The van der Waals surface area contributed by atoms with Crippen LogP contribution in [-0.4, -0.2) is 30.6 Å². The second-order valence-electron chi connectivity index (χ2n) is 6.98. The van der Waals surface area contributed by atoms with Crippen molar-refractivity contribution < 1.29 is 4.79 Å². The zero-order valence-corrected chi connectivity index (χ0v) is 16.8. The summed E-state index contributed by atoms with van der Waals surface area (Å²) in [5.74, 6) is 1.39. The van der Waals surface area contributed by atoms with Crippen molar-refractivity contribution in [1.29, 1.82) is 0 Å². The monoisotopic (exact) mass is 381 g/mol. The number of amides is 2. The first-order valence-electron chi connectivity index (χ1n) is 9.51. The summed E-state index contributed by atoms with van der Waals surface area (Å²) in [6, 6.07) is 9.55. The highest BCUT2D eigenvalue weighted by atomic mass is 16.2. The Bertz CT molecular complexity index is 944. The first-order valence-corrected chi connectivity index (χ1v) is 9.51. The maximum Gasteiger partial charge on any atom is 0.320 e. The summed E-state index contributed by atoms with van der Waals surface area (Å²) in [6.07, 6.45) is 2.47. The van der Waals surface area contributed by atoms with Crippen molar-refractivity contribution in [3.63, 3.8) is 0 Å². The van der Waals surface area contributed by atoms with E-state index in [0.717, 1.165) is 30.0 Å². The van der Waals surface area contributed by atoms with E-state index in [-0.39, 0.29) is 12.1 Å². The smallest absolute Gasteiger partial charge is 0.320 e. The maximum atomic E-state index is 12.5. The third-order valence-electron chi connectivity index (χ3n) is 4.37. The van der Waals surface area contributed by atoms with Gasteiger partial charge in [0.1, 0.15) is 18.0 Å². The van der Waals surface area contributed by atoms with E-state index in [2.05, 4.69) is 57.9 Å². The van der Waals surface area contributed by atoms with E-state index in [9.17, 15) is 4.79 Å². The van der Waals surface area contributed by atoms with E-state index >= 15 is 0 Å². The predicted octanol–water partition coefficient (Wildman–Crippen LogP) is 3.43. The highest BCUT2D eigenvalue weighted by Crippen LogP contribution is 2.15. The molecular weight excluding hydrogens is 354 g/mol. The second kappa shape index (κ2) is 8.69. The van der Waals surface area contributed by atoms with Gasteiger partial charge in [0.25, 0.3) is 0 Å². The molecule has 0 aliphatic rings. The number of aryl methyl sites for hydroxylation is 3. The van der Waals surface area contributed by atoms with Crippen LogP contribution < -0.4 is 10.6 Å². The van der Waals surface area contributed by atoms with Crippen molar-refractivity contribution in [2.75, 3.05) is 5.32 Å². The van der Waals surface area contributed by atoms with Gasteiger partial charge in [0.2, 0.25) is 0 Å². The minimum Gasteiger partial charge on any atom is -0.328 e. The Morgan fingerprint density at radius 1 is 1.21 bits per heavy atom. The molecule has 0 saturated heterocycles. The number of benzene rings is 1. The SMILES string of the molecule is CCCn1ncnc1C(C)NC(=O)Nc1cc(C)nn1Cc1cccc(C)c1. The van der Waals surface area contributed by atoms with E-state index in [1.54, 1.807) is 4.68 Å². The molecule has 0 spiro atoms. The van der Waals surface area contributed by atoms with Gasteiger partial charge in [-0.1, -0.05) is 36.8 Å². The topological polar surface area (TPSA) is 89.7 Å². The number of carbonyl (C=O) groups excluding carboxylic acids is 1. The molecular formula is C20H27N7O. The Hall–Kier alpha value is -3.16. The molecule has 28 heavy (non-hydrogen) atoms. The number of aromatic nitrogens is 5. The Labute approximate surface area is 165 Å². The lowest BCUT2D eigenvalue weighted by Crippen LogP contribution is -2.33. The summed E-state index contributed by atoms with van der Waals surface area (Å²) in [5, 5.41) is 14.5. The highest BCUT2D eigenvalue weighted by molar-refractivity contribution is 5.88. The van der Waals surface area contributed by atoms with Crippen LogP contribution in [0.1, 0.15) is 49.0 Å². The standard InChI is InChI=1S/C20H27N7O/c1-5-9-26-19(21-13-22-26)16(4)23-20(28)24-18-11-15(3)25-27(18)12-17-8-6-7-14(2)10-17/h6-8,10-11,13,16H,5,9,12H2,1-4H3,(H2,23,24,28). The van der Waals surface area contributed by atoms with Gasteiger partial charge in [-0.15, -0.1) is 0 Å². The highest BCUT2D eigenvalue weighted by Gasteiger charge is 2.17. The van der Waals surface area contributed by atoms with Crippen LogP contribution in [0.25, 0.3) is 0 Å². The van der Waals surface area contributed by atoms with Crippen molar-refractivity contribution in [2.45, 2.75) is 53.2 Å². The third-order valence-corrected chi connectivity index (χ3v) is 4.37. The Morgan fingerprint density at radius 2 is 2.04 bits per heavy atom. The normalized spacial score (nSPS) is 12.0. The third kappa shape index (κ3) is 4.76. The van der Waals surface area contributed by atoms with Gasteiger partial charge < -0.3 is 5.32 Å². The van der Waals surface area contributed by atoms with Crippen LogP contribution in [0.4, 0.5) is 10.6 Å². The lowest BCUT2D eigenvalue weighted by atomic mass is 10.1. The van der Waals surface area contributed by atoms with E-state index < -0.39 is 0 Å². The molecule has 3 aromatic rings. The van der Waals surface area contributed by atoms with Crippen LogP contribution in [0.3, 0.4) is 0 Å². The molecule has 0 aliphatic carbocycles. The van der Waals surface area contributed by atoms with Gasteiger partial charge in [-0.2, -0.15) is 10.2 Å². The molecule has 2 aromatic heterocycles. The molecule has 0 aliphatic heterocycles. The average Bonchev–Trinajstić information content (AvgIpc) is 3.22. The van der Waals surface area contributed by atoms with E-state index in [1.807, 2.05) is 30.7 Å². The summed E-state index contributed by atoms with van der Waals surface area (Å²) in [4.78, 5) is 16.8. The average molecular weight is 381 g/mol. The maximum absolute atomic E-state index is 12.5. The number of anilines is 1. The molecule has 1 atom stereocenters. The number of nitrogens with zero attached hydrogens (tertiary/aromatic N) is 5. The van der Waals surface area contributed by atoms with Gasteiger partial charge in [-0.25, -0.2) is 19.1 Å². The fraction of sp³-hybridized carbons (Fsp3) is 0.400. The fourth-order valence-corrected chi connectivity index (χ4v) is 3.16. The number of hydrogen-bond acceptors (Lipinski definition) is 4. The van der Waals surface area contributed by atoms with Crippen LogP contribution in [0.15, 0.2) is 36.7 Å². The summed E-state index contributed by atoms with van der Waals surface area (Å²) in [7, 11) is 0. The van der Waals surface area contributed by atoms with Crippen molar-refractivity contribution in [3.8, 4) is 0 Å². The molecule has 8 heteroatoms. The number of rotatable bonds is 7. The van der Waals surface area contributed by atoms with E-state index in [1.165, 1.54) is 11.9 Å². The zero-order chi connectivity index (χ0) is 20.1. The van der Waals surface area contributed by atoms with Gasteiger partial charge in [0, 0.05) is 12.6 Å². The minimum absolute atomic E-state index is 0.261. The molecule has 2 heterocycles. The summed E-state index contributed by atoms with van der Waals surface area (Å²) >= 11 is 0. The molecule has 1 unspecified atom stereocenters. The quantitative estimate of drug-likeness (QED) is 0.656. The number of urea groups is 1. The lowest BCUT2D eigenvalue weighted by molar-refractivity contribution is 0.248. The number of carbonyl (C=O) groups is 1. The molecule has 148 valence electrons. The van der Waals surface area contributed by atoms with E-state index in [4.69, 9.17) is 0 Å². The first kappa shape index (κ1) is 19.6. The second-order valence-corrected chi connectivity index (χ2v) is 6.98. The Morgan fingerprint density at radius 3 is 2.79 bits per heavy atom. The van der Waals surface area contributed by atoms with Gasteiger partial charge in [-0.3, -0.25) is 5.32 Å². The summed E-state index contributed by atoms with van der Waals surface area (Å²) < 4.78 is 3.62. The zero-order valence-electron chi connectivity index (χ0n) is 16.8. The van der Waals surface area contributed by atoms with Crippen LogP contribution in [0.2, 0.25) is 0 Å². The molecule has 0 bridgehead atoms. The first-order chi connectivity index (χ1) is 13.5. The molecule has 1 aromatic carbocycles. The molecule has 0 saturated carbocycles. The van der Waals surface area contributed by atoms with Crippen LogP contribution in [0.5, 0.6) is 0 Å².